The molecular weight excluding hydrogens is 1040 g/mol. The Kier molecular flexibility index (Phi) is 34.3. The number of carboxylic acid groups (broad SMARTS) is 2. The Hall–Kier alpha value is -7.89. The summed E-state index contributed by atoms with van der Waals surface area (Å²) in [6.07, 6.45) is 3.63. The summed E-state index contributed by atoms with van der Waals surface area (Å²) in [5.74, 6) is -6.12. The number of hydrogen-bond donors (Lipinski definition) is 12. The first-order valence-corrected chi connectivity index (χ1v) is 25.9. The van der Waals surface area contributed by atoms with Gasteiger partial charge in [-0.25, -0.2) is 14.6 Å². The summed E-state index contributed by atoms with van der Waals surface area (Å²) in [7, 11) is 0. The highest BCUT2D eigenvalue weighted by Gasteiger charge is 2.32. The number of aliphatic carboxylic acids is 2. The summed E-state index contributed by atoms with van der Waals surface area (Å²) in [5.41, 5.74) is 16.9. The highest BCUT2D eigenvalue weighted by molar-refractivity contribution is 5.95. The molecule has 1 aromatic carbocycles. The highest BCUT2D eigenvalue weighted by Crippen LogP contribution is 2.15. The fraction of sp³-hybridized carbons (Fsp3) is 0.580. The van der Waals surface area contributed by atoms with Crippen LogP contribution in [0.5, 0.6) is 5.75 Å². The second kappa shape index (κ2) is 40.3. The third-order valence-corrected chi connectivity index (χ3v) is 10.9. The number of guanidine groups is 1. The first-order chi connectivity index (χ1) is 37.8. The van der Waals surface area contributed by atoms with Crippen molar-refractivity contribution in [3.8, 4) is 5.75 Å². The molecule has 1 aromatic heterocycles. The van der Waals surface area contributed by atoms with Gasteiger partial charge in [0.25, 0.3) is 0 Å². The molecule has 15 N–H and O–H groups in total. The standard InChI is InChI=1S/C50H78N14O15/c1-33(2)44(62-46(71)37(10-5-19-57-49(52)53)60-42(67)32-59-45(70)36(51)31-43(68)69)47(72)61-38(48(73)74)30-34-14-16-35(17-15-34)79-25-9-22-56-41(66)13-7-23-76-26-28-78-29-27-77-24-8-21-55-40(65)12-6-20-58-50(75)64-63-39-11-3-4-18-54-39/h3-4,11,14-18,33,36-38,44H,5-10,12-13,19-32,51H2,1-2H3,(H,55,65)(H,56,66)(H,58,75)(H,59,70)(H,60,67)(H,61,72)(H,62,71)(H,68,69)(H,73,74)(H4,52,53,57)/b64-63+/t36-,37-,38+,44-/m0/s1. The fourth-order valence-electron chi connectivity index (χ4n) is 6.74. The number of carbonyl (C=O) groups is 9. The van der Waals surface area contributed by atoms with E-state index in [1.165, 1.54) is 0 Å². The number of hydrogen-bond acceptors (Lipinski definition) is 17. The van der Waals surface area contributed by atoms with Gasteiger partial charge >= 0.3 is 18.0 Å². The van der Waals surface area contributed by atoms with Crippen LogP contribution in [0.4, 0.5) is 10.6 Å². The molecule has 4 atom stereocenters. The number of urea groups is 1. The van der Waals surface area contributed by atoms with Gasteiger partial charge in [-0.05, 0) is 74.3 Å². The number of pyridine rings is 1. The van der Waals surface area contributed by atoms with Crippen molar-refractivity contribution in [3.63, 3.8) is 0 Å². The Morgan fingerprint density at radius 2 is 1.27 bits per heavy atom. The van der Waals surface area contributed by atoms with E-state index < -0.39 is 84.6 Å². The molecule has 0 bridgehead atoms. The van der Waals surface area contributed by atoms with E-state index in [2.05, 4.69) is 57.4 Å². The maximum atomic E-state index is 13.5. The smallest absolute Gasteiger partial charge is 0.359 e. The summed E-state index contributed by atoms with van der Waals surface area (Å²) in [6, 6.07) is 5.75. The van der Waals surface area contributed by atoms with Crippen molar-refractivity contribution in [1.82, 2.24) is 42.2 Å². The lowest BCUT2D eigenvalue weighted by molar-refractivity contribution is -0.142. The highest BCUT2D eigenvalue weighted by atomic mass is 16.5. The molecule has 438 valence electrons. The van der Waals surface area contributed by atoms with Gasteiger partial charge in [-0.3, -0.25) is 38.6 Å². The molecule has 0 radical (unpaired) electrons. The third kappa shape index (κ3) is 33.1. The molecule has 29 nitrogen and oxygen atoms in total. The maximum absolute atomic E-state index is 13.5. The van der Waals surface area contributed by atoms with Crippen LogP contribution in [0.15, 0.2) is 63.9 Å². The predicted molar refractivity (Wildman–Crippen MR) is 285 cm³/mol. The van der Waals surface area contributed by atoms with Gasteiger partial charge in [-0.15, -0.1) is 5.11 Å². The van der Waals surface area contributed by atoms with Gasteiger partial charge in [0.1, 0.15) is 23.9 Å². The summed E-state index contributed by atoms with van der Waals surface area (Å²) in [5, 5.41) is 44.1. The monoisotopic (exact) mass is 1110 g/mol. The van der Waals surface area contributed by atoms with Crippen molar-refractivity contribution < 1.29 is 72.3 Å². The number of aliphatic imine (C=N–C) groups is 1. The van der Waals surface area contributed by atoms with Crippen LogP contribution in [0.25, 0.3) is 0 Å². The topological polar surface area (TPSA) is 443 Å². The van der Waals surface area contributed by atoms with E-state index in [4.69, 9.17) is 41.3 Å². The SMILES string of the molecule is CC(C)[C@H](NC(=O)[C@H](CCCN=C(N)N)NC(=O)CNC(=O)[C@@H](N)CC(=O)O)C(=O)N[C@H](Cc1ccc(OCCCNC(=O)CCCOCCOCCOCCCNC(=O)CCCNC(=O)/N=N/c2ccccn2)cc1)C(=O)O. The average Bonchev–Trinajstić information content (AvgIpc) is 3.40. The molecule has 79 heavy (non-hydrogen) atoms. The number of carbonyl (C=O) groups excluding carboxylic acids is 7. The van der Waals surface area contributed by atoms with Gasteiger partial charge in [-0.2, -0.15) is 0 Å². The number of benzene rings is 1. The van der Waals surface area contributed by atoms with Crippen LogP contribution in [0.1, 0.15) is 77.2 Å². The van der Waals surface area contributed by atoms with Crippen molar-refractivity contribution in [2.45, 2.75) is 102 Å². The number of rotatable bonds is 42. The van der Waals surface area contributed by atoms with Crippen LogP contribution in [0.3, 0.4) is 0 Å². The van der Waals surface area contributed by atoms with E-state index >= 15 is 0 Å². The van der Waals surface area contributed by atoms with Gasteiger partial charge in [0.2, 0.25) is 35.4 Å². The van der Waals surface area contributed by atoms with Crippen LogP contribution in [-0.2, 0) is 59.0 Å². The van der Waals surface area contributed by atoms with E-state index in [0.29, 0.717) is 95.5 Å². The number of carboxylic acids is 2. The molecule has 0 aliphatic heterocycles. The Labute approximate surface area is 458 Å². The van der Waals surface area contributed by atoms with E-state index in [9.17, 15) is 48.3 Å². The molecule has 8 amide bonds. The Morgan fingerprint density at radius 1 is 0.646 bits per heavy atom. The van der Waals surface area contributed by atoms with Crippen molar-refractivity contribution in [1.29, 1.82) is 0 Å². The minimum atomic E-state index is -1.42. The minimum Gasteiger partial charge on any atom is -0.494 e. The van der Waals surface area contributed by atoms with Crippen LogP contribution >= 0.6 is 0 Å². The Bertz CT molecular complexity index is 2250. The predicted octanol–water partition coefficient (Wildman–Crippen LogP) is -0.714. The quantitative estimate of drug-likeness (QED) is 0.0169. The number of aromatic nitrogens is 1. The lowest BCUT2D eigenvalue weighted by Gasteiger charge is -2.26. The molecule has 2 rings (SSSR count). The lowest BCUT2D eigenvalue weighted by atomic mass is 10.0. The summed E-state index contributed by atoms with van der Waals surface area (Å²) < 4.78 is 22.3. The zero-order valence-electron chi connectivity index (χ0n) is 44.8. The van der Waals surface area contributed by atoms with Crippen molar-refractivity contribution in [2.75, 3.05) is 79.0 Å². The van der Waals surface area contributed by atoms with Gasteiger partial charge < -0.3 is 83.6 Å². The molecule has 1 heterocycles. The van der Waals surface area contributed by atoms with Gasteiger partial charge in [-0.1, -0.05) is 37.2 Å². The number of nitrogens with zero attached hydrogens (tertiary/aromatic N) is 4. The van der Waals surface area contributed by atoms with Crippen LogP contribution in [0.2, 0.25) is 0 Å². The molecule has 0 saturated carbocycles. The van der Waals surface area contributed by atoms with Crippen molar-refractivity contribution in [3.05, 3.63) is 54.2 Å². The zero-order valence-corrected chi connectivity index (χ0v) is 44.8. The molecule has 0 aliphatic carbocycles. The van der Waals surface area contributed by atoms with Crippen LogP contribution < -0.4 is 59.2 Å². The van der Waals surface area contributed by atoms with Crippen molar-refractivity contribution >= 4 is 65.2 Å². The normalized spacial score (nSPS) is 12.5. The van der Waals surface area contributed by atoms with E-state index in [-0.39, 0.29) is 69.6 Å². The fourth-order valence-corrected chi connectivity index (χ4v) is 6.74. The number of nitrogens with one attached hydrogen (secondary N) is 7. The second-order valence-corrected chi connectivity index (χ2v) is 17.9. The number of nitrogens with two attached hydrogens (primary N) is 3. The molecule has 0 spiro atoms. The molecule has 2 aromatic rings. The molecule has 29 heteroatoms. The van der Waals surface area contributed by atoms with E-state index in [0.717, 1.165) is 0 Å². The number of amides is 8. The van der Waals surface area contributed by atoms with Crippen molar-refractivity contribution in [2.24, 2.45) is 38.3 Å². The summed E-state index contributed by atoms with van der Waals surface area (Å²) >= 11 is 0. The van der Waals surface area contributed by atoms with Crippen LogP contribution in [0, 0.1) is 5.92 Å². The Morgan fingerprint density at radius 3 is 1.87 bits per heavy atom. The zero-order chi connectivity index (χ0) is 58.2. The van der Waals surface area contributed by atoms with E-state index in [1.54, 1.807) is 62.5 Å². The van der Waals surface area contributed by atoms with Gasteiger partial charge in [0, 0.05) is 64.9 Å². The first-order valence-electron chi connectivity index (χ1n) is 25.9. The molecule has 0 fully saturated rings. The molecular formula is C50H78N14O15. The summed E-state index contributed by atoms with van der Waals surface area (Å²) in [4.78, 5) is 119. The van der Waals surface area contributed by atoms with Gasteiger partial charge in [0.05, 0.1) is 52.0 Å². The second-order valence-electron chi connectivity index (χ2n) is 17.9. The third-order valence-electron chi connectivity index (χ3n) is 10.9. The minimum absolute atomic E-state index is 0.00751. The van der Waals surface area contributed by atoms with E-state index in [1.807, 2.05) is 0 Å². The number of azo groups is 1. The largest absolute Gasteiger partial charge is 0.494 e. The van der Waals surface area contributed by atoms with Gasteiger partial charge in [0.15, 0.2) is 11.8 Å². The number of ether oxygens (including phenoxy) is 4. The first kappa shape index (κ1) is 67.2. The molecule has 0 aliphatic rings. The molecule has 0 saturated heterocycles. The molecule has 0 unspecified atom stereocenters. The van der Waals surface area contributed by atoms with Crippen LogP contribution in [-0.4, -0.2) is 178 Å². The summed E-state index contributed by atoms with van der Waals surface area (Å²) in [6.45, 7) is 6.48. The maximum Gasteiger partial charge on any atom is 0.359 e. The average molecular weight is 1120 g/mol. The Balaban J connectivity index is 1.59. The lowest BCUT2D eigenvalue weighted by Crippen LogP contribution is -2.58.